The largest absolute Gasteiger partial charge is 0.497 e. The molecule has 2 aromatic carbocycles. The van der Waals surface area contributed by atoms with Crippen LogP contribution in [-0.2, 0) is 12.8 Å². The molecule has 3 aromatic rings. The van der Waals surface area contributed by atoms with E-state index in [1.807, 2.05) is 37.3 Å². The van der Waals surface area contributed by atoms with Crippen LogP contribution >= 0.6 is 0 Å². The Morgan fingerprint density at radius 3 is 2.86 bits per heavy atom. The lowest BCUT2D eigenvalue weighted by Gasteiger charge is -2.09. The summed E-state index contributed by atoms with van der Waals surface area (Å²) in [6.45, 7) is 2.60. The molecule has 0 saturated heterocycles. The molecule has 0 aliphatic heterocycles. The van der Waals surface area contributed by atoms with E-state index in [4.69, 9.17) is 9.47 Å². The fraction of sp³-hybridized carbons (Fsp3) is 0.318. The number of rotatable bonds is 7. The predicted molar refractivity (Wildman–Crippen MR) is 109 cm³/mol. The van der Waals surface area contributed by atoms with E-state index in [1.165, 1.54) is 17.5 Å². The summed E-state index contributed by atoms with van der Waals surface area (Å²) in [4.78, 5) is 12.5. The van der Waals surface area contributed by atoms with Gasteiger partial charge in [-0.3, -0.25) is 4.79 Å². The van der Waals surface area contributed by atoms with Crippen molar-refractivity contribution in [2.45, 2.75) is 26.2 Å². The van der Waals surface area contributed by atoms with Crippen molar-refractivity contribution in [1.29, 1.82) is 0 Å². The van der Waals surface area contributed by atoms with E-state index in [0.29, 0.717) is 30.3 Å². The van der Waals surface area contributed by atoms with Gasteiger partial charge < -0.3 is 14.8 Å². The molecular formula is C22H24N4O3. The van der Waals surface area contributed by atoms with E-state index in [1.54, 1.807) is 11.8 Å². The number of amides is 1. The van der Waals surface area contributed by atoms with Gasteiger partial charge in [0.25, 0.3) is 5.91 Å². The van der Waals surface area contributed by atoms with E-state index in [9.17, 15) is 4.79 Å². The maximum absolute atomic E-state index is 12.5. The van der Waals surface area contributed by atoms with Gasteiger partial charge in [0.2, 0.25) is 0 Å². The summed E-state index contributed by atoms with van der Waals surface area (Å²) in [5, 5.41) is 11.0. The Kier molecular flexibility index (Phi) is 5.46. The maximum Gasteiger partial charge on any atom is 0.273 e. The molecule has 1 amide bonds. The SMILES string of the molecule is COc1cccc(-n2nnc(C(=O)NCCOc3ccc4c(c3)CCC4)c2C)c1. The van der Waals surface area contributed by atoms with Gasteiger partial charge in [-0.05, 0) is 61.6 Å². The summed E-state index contributed by atoms with van der Waals surface area (Å²) in [7, 11) is 1.61. The number of fused-ring (bicyclic) bond motifs is 1. The number of carbonyl (C=O) groups is 1. The van der Waals surface area contributed by atoms with Crippen LogP contribution in [0.1, 0.15) is 33.7 Å². The molecule has 0 atom stereocenters. The standard InChI is InChI=1S/C22H24N4O3/c1-15-21(24-25-26(15)18-7-4-8-19(14-18)28-2)22(27)23-11-12-29-20-10-9-16-5-3-6-17(16)13-20/h4,7-10,13-14H,3,5-6,11-12H2,1-2H3,(H,23,27). The average molecular weight is 392 g/mol. The third kappa shape index (κ3) is 4.08. The third-order valence-corrected chi connectivity index (χ3v) is 5.13. The van der Waals surface area contributed by atoms with Gasteiger partial charge in [0, 0.05) is 6.07 Å². The first kappa shape index (κ1) is 19.0. The molecule has 1 aliphatic carbocycles. The molecule has 0 bridgehead atoms. The van der Waals surface area contributed by atoms with Crippen molar-refractivity contribution < 1.29 is 14.3 Å². The van der Waals surface area contributed by atoms with Crippen molar-refractivity contribution in [2.75, 3.05) is 20.3 Å². The zero-order valence-electron chi connectivity index (χ0n) is 16.6. The zero-order chi connectivity index (χ0) is 20.2. The van der Waals surface area contributed by atoms with Gasteiger partial charge in [0.15, 0.2) is 5.69 Å². The van der Waals surface area contributed by atoms with Crippen LogP contribution in [0.2, 0.25) is 0 Å². The fourth-order valence-corrected chi connectivity index (χ4v) is 3.58. The molecule has 0 spiro atoms. The molecule has 4 rings (SSSR count). The van der Waals surface area contributed by atoms with Crippen molar-refractivity contribution in [1.82, 2.24) is 20.3 Å². The van der Waals surface area contributed by atoms with Gasteiger partial charge in [-0.1, -0.05) is 17.3 Å². The highest BCUT2D eigenvalue weighted by Crippen LogP contribution is 2.26. The predicted octanol–water partition coefficient (Wildman–Crippen LogP) is 2.88. The molecular weight excluding hydrogens is 368 g/mol. The van der Waals surface area contributed by atoms with Gasteiger partial charge in [0.1, 0.15) is 18.1 Å². The summed E-state index contributed by atoms with van der Waals surface area (Å²) in [5.41, 5.74) is 4.53. The van der Waals surface area contributed by atoms with Crippen molar-refractivity contribution >= 4 is 5.91 Å². The molecule has 0 saturated carbocycles. The second-order valence-corrected chi connectivity index (χ2v) is 7.03. The number of ether oxygens (including phenoxy) is 2. The highest BCUT2D eigenvalue weighted by molar-refractivity contribution is 5.93. The Hall–Kier alpha value is -3.35. The van der Waals surface area contributed by atoms with E-state index >= 15 is 0 Å². The van der Waals surface area contributed by atoms with Crippen molar-refractivity contribution in [3.63, 3.8) is 0 Å². The minimum atomic E-state index is -0.269. The fourth-order valence-electron chi connectivity index (χ4n) is 3.58. The molecule has 0 unspecified atom stereocenters. The van der Waals surface area contributed by atoms with Gasteiger partial charge in [-0.15, -0.1) is 5.10 Å². The van der Waals surface area contributed by atoms with Gasteiger partial charge >= 0.3 is 0 Å². The molecule has 1 aromatic heterocycles. The molecule has 7 nitrogen and oxygen atoms in total. The lowest BCUT2D eigenvalue weighted by molar-refractivity contribution is 0.0941. The van der Waals surface area contributed by atoms with Crippen molar-refractivity contribution in [3.05, 3.63) is 65.0 Å². The molecule has 29 heavy (non-hydrogen) atoms. The summed E-state index contributed by atoms with van der Waals surface area (Å²) in [5.74, 6) is 1.29. The number of aryl methyl sites for hydroxylation is 2. The van der Waals surface area contributed by atoms with Crippen LogP contribution < -0.4 is 14.8 Å². The Labute approximate surface area is 169 Å². The van der Waals surface area contributed by atoms with Crippen LogP contribution in [0.25, 0.3) is 5.69 Å². The number of benzene rings is 2. The number of methoxy groups -OCH3 is 1. The Morgan fingerprint density at radius 2 is 2.00 bits per heavy atom. The number of nitrogens with zero attached hydrogens (tertiary/aromatic N) is 3. The van der Waals surface area contributed by atoms with Crippen LogP contribution in [0, 0.1) is 6.92 Å². The summed E-state index contributed by atoms with van der Waals surface area (Å²) in [6, 6.07) is 13.7. The molecule has 1 N–H and O–H groups in total. The second kappa shape index (κ2) is 8.34. The van der Waals surface area contributed by atoms with E-state index in [2.05, 4.69) is 27.8 Å². The second-order valence-electron chi connectivity index (χ2n) is 7.03. The minimum absolute atomic E-state index is 0.269. The first-order valence-corrected chi connectivity index (χ1v) is 9.75. The summed E-state index contributed by atoms with van der Waals surface area (Å²) < 4.78 is 12.6. The highest BCUT2D eigenvalue weighted by Gasteiger charge is 2.17. The van der Waals surface area contributed by atoms with Gasteiger partial charge in [-0.25, -0.2) is 4.68 Å². The number of aromatic nitrogens is 3. The molecule has 0 radical (unpaired) electrons. The van der Waals surface area contributed by atoms with E-state index in [0.717, 1.165) is 24.3 Å². The number of carbonyl (C=O) groups excluding carboxylic acids is 1. The summed E-state index contributed by atoms with van der Waals surface area (Å²) in [6.07, 6.45) is 3.48. The quantitative estimate of drug-likeness (QED) is 0.626. The van der Waals surface area contributed by atoms with Gasteiger partial charge in [0.05, 0.1) is 25.0 Å². The normalized spacial score (nSPS) is 12.5. The lowest BCUT2D eigenvalue weighted by atomic mass is 10.1. The zero-order valence-corrected chi connectivity index (χ0v) is 16.6. The lowest BCUT2D eigenvalue weighted by Crippen LogP contribution is -2.29. The smallest absolute Gasteiger partial charge is 0.273 e. The Balaban J connectivity index is 1.33. The molecule has 1 aliphatic rings. The van der Waals surface area contributed by atoms with Crippen LogP contribution in [0.4, 0.5) is 0 Å². The first-order valence-electron chi connectivity index (χ1n) is 9.75. The molecule has 0 fully saturated rings. The summed E-state index contributed by atoms with van der Waals surface area (Å²) >= 11 is 0. The first-order chi connectivity index (χ1) is 14.2. The van der Waals surface area contributed by atoms with Crippen LogP contribution in [-0.4, -0.2) is 41.2 Å². The van der Waals surface area contributed by atoms with Crippen LogP contribution in [0.15, 0.2) is 42.5 Å². The Bertz CT molecular complexity index is 1030. The monoisotopic (exact) mass is 392 g/mol. The Morgan fingerprint density at radius 1 is 1.14 bits per heavy atom. The number of nitrogens with one attached hydrogen (secondary N) is 1. The van der Waals surface area contributed by atoms with E-state index < -0.39 is 0 Å². The average Bonchev–Trinajstić information content (AvgIpc) is 3.37. The van der Waals surface area contributed by atoms with Crippen LogP contribution in [0.5, 0.6) is 11.5 Å². The maximum atomic E-state index is 12.5. The minimum Gasteiger partial charge on any atom is -0.497 e. The number of hydrogen-bond acceptors (Lipinski definition) is 5. The topological polar surface area (TPSA) is 78.3 Å². The molecule has 1 heterocycles. The van der Waals surface area contributed by atoms with Crippen molar-refractivity contribution in [2.24, 2.45) is 0 Å². The highest BCUT2D eigenvalue weighted by atomic mass is 16.5. The van der Waals surface area contributed by atoms with Crippen molar-refractivity contribution in [3.8, 4) is 17.2 Å². The number of hydrogen-bond donors (Lipinski definition) is 1. The molecule has 7 heteroatoms. The van der Waals surface area contributed by atoms with E-state index in [-0.39, 0.29) is 5.91 Å². The third-order valence-electron chi connectivity index (χ3n) is 5.13. The van der Waals surface area contributed by atoms with Gasteiger partial charge in [-0.2, -0.15) is 0 Å². The van der Waals surface area contributed by atoms with Crippen LogP contribution in [0.3, 0.4) is 0 Å². The molecule has 150 valence electrons.